The van der Waals surface area contributed by atoms with Crippen LogP contribution in [0.2, 0.25) is 0 Å². The van der Waals surface area contributed by atoms with Crippen LogP contribution in [0.3, 0.4) is 0 Å². The van der Waals surface area contributed by atoms with E-state index in [1.807, 2.05) is 11.8 Å². The van der Waals surface area contributed by atoms with Crippen molar-refractivity contribution in [1.82, 2.24) is 20.2 Å². The Morgan fingerprint density at radius 2 is 2.24 bits per heavy atom. The maximum atomic E-state index is 12.5. The first-order valence-corrected chi connectivity index (χ1v) is 7.67. The summed E-state index contributed by atoms with van der Waals surface area (Å²) in [6.07, 6.45) is 3.97. The van der Waals surface area contributed by atoms with Crippen molar-refractivity contribution >= 4 is 5.91 Å². The minimum absolute atomic E-state index is 0.0177. The van der Waals surface area contributed by atoms with E-state index in [9.17, 15) is 4.79 Å². The van der Waals surface area contributed by atoms with Crippen LogP contribution in [0.1, 0.15) is 40.6 Å². The highest BCUT2D eigenvalue weighted by molar-refractivity contribution is 5.95. The lowest BCUT2D eigenvalue weighted by Gasteiger charge is -2.27. The molecular formula is C15H22N4O2. The zero-order chi connectivity index (χ0) is 14.7. The van der Waals surface area contributed by atoms with Crippen LogP contribution in [0.25, 0.3) is 0 Å². The van der Waals surface area contributed by atoms with E-state index < -0.39 is 0 Å². The van der Waals surface area contributed by atoms with E-state index in [1.54, 1.807) is 6.20 Å². The third-order valence-electron chi connectivity index (χ3n) is 4.19. The van der Waals surface area contributed by atoms with Crippen molar-refractivity contribution in [3.8, 4) is 0 Å². The lowest BCUT2D eigenvalue weighted by Crippen LogP contribution is -2.41. The molecule has 0 spiro atoms. The van der Waals surface area contributed by atoms with E-state index in [0.717, 1.165) is 37.4 Å². The Kier molecular flexibility index (Phi) is 4.45. The molecule has 1 amide bonds. The number of carbonyl (C=O) groups excluding carboxylic acids is 1. The van der Waals surface area contributed by atoms with Crippen LogP contribution in [0.15, 0.2) is 6.20 Å². The van der Waals surface area contributed by atoms with Crippen molar-refractivity contribution in [1.29, 1.82) is 0 Å². The fourth-order valence-electron chi connectivity index (χ4n) is 2.90. The second kappa shape index (κ2) is 6.49. The standard InChI is InChI=1S/C15H22N4O2/c1-11-13(15(20)19-5-7-21-8-6-19)10-17-14(18-11)12-3-2-4-16-9-12/h10,12,16H,2-9H2,1H3. The maximum Gasteiger partial charge on any atom is 0.257 e. The van der Waals surface area contributed by atoms with E-state index in [2.05, 4.69) is 15.3 Å². The Morgan fingerprint density at radius 3 is 2.90 bits per heavy atom. The van der Waals surface area contributed by atoms with Gasteiger partial charge in [0.2, 0.25) is 0 Å². The van der Waals surface area contributed by atoms with Gasteiger partial charge in [-0.2, -0.15) is 0 Å². The van der Waals surface area contributed by atoms with Crippen LogP contribution in [-0.2, 0) is 4.74 Å². The lowest BCUT2D eigenvalue weighted by molar-refractivity contribution is 0.0301. The van der Waals surface area contributed by atoms with Crippen molar-refractivity contribution in [2.24, 2.45) is 0 Å². The Hall–Kier alpha value is -1.53. The van der Waals surface area contributed by atoms with Gasteiger partial charge in [0, 0.05) is 31.7 Å². The number of piperidine rings is 1. The van der Waals surface area contributed by atoms with Crippen molar-refractivity contribution in [2.45, 2.75) is 25.7 Å². The van der Waals surface area contributed by atoms with Crippen LogP contribution in [-0.4, -0.2) is 60.2 Å². The molecular weight excluding hydrogens is 268 g/mol. The molecule has 6 heteroatoms. The molecule has 3 rings (SSSR count). The quantitative estimate of drug-likeness (QED) is 0.869. The minimum Gasteiger partial charge on any atom is -0.378 e. The van der Waals surface area contributed by atoms with Gasteiger partial charge in [0.05, 0.1) is 24.5 Å². The molecule has 2 aliphatic rings. The number of aryl methyl sites for hydroxylation is 1. The van der Waals surface area contributed by atoms with Crippen LogP contribution in [0, 0.1) is 6.92 Å². The van der Waals surface area contributed by atoms with Gasteiger partial charge in [0.15, 0.2) is 0 Å². The number of amides is 1. The Labute approximate surface area is 124 Å². The highest BCUT2D eigenvalue weighted by atomic mass is 16.5. The number of nitrogens with zero attached hydrogens (tertiary/aromatic N) is 3. The van der Waals surface area contributed by atoms with Gasteiger partial charge >= 0.3 is 0 Å². The Morgan fingerprint density at radius 1 is 1.43 bits per heavy atom. The van der Waals surface area contributed by atoms with Gasteiger partial charge in [-0.15, -0.1) is 0 Å². The summed E-state index contributed by atoms with van der Waals surface area (Å²) in [4.78, 5) is 23.3. The summed E-state index contributed by atoms with van der Waals surface area (Å²) in [5.41, 5.74) is 1.39. The van der Waals surface area contributed by atoms with Gasteiger partial charge in [-0.05, 0) is 26.3 Å². The first-order chi connectivity index (χ1) is 10.3. The van der Waals surface area contributed by atoms with Crippen LogP contribution >= 0.6 is 0 Å². The monoisotopic (exact) mass is 290 g/mol. The van der Waals surface area contributed by atoms with Gasteiger partial charge < -0.3 is 15.0 Å². The van der Waals surface area contributed by atoms with Crippen LogP contribution < -0.4 is 5.32 Å². The van der Waals surface area contributed by atoms with Crippen LogP contribution in [0.5, 0.6) is 0 Å². The normalized spacial score (nSPS) is 23.1. The number of aromatic nitrogens is 2. The summed E-state index contributed by atoms with van der Waals surface area (Å²) in [7, 11) is 0. The predicted molar refractivity (Wildman–Crippen MR) is 78.3 cm³/mol. The molecule has 0 aliphatic carbocycles. The van der Waals surface area contributed by atoms with E-state index in [-0.39, 0.29) is 5.91 Å². The molecule has 2 aliphatic heterocycles. The molecule has 3 heterocycles. The molecule has 1 unspecified atom stereocenters. The maximum absolute atomic E-state index is 12.5. The first-order valence-electron chi connectivity index (χ1n) is 7.67. The number of hydrogen-bond acceptors (Lipinski definition) is 5. The molecule has 1 atom stereocenters. The summed E-state index contributed by atoms with van der Waals surface area (Å²) < 4.78 is 5.28. The van der Waals surface area contributed by atoms with Crippen molar-refractivity contribution < 1.29 is 9.53 Å². The highest BCUT2D eigenvalue weighted by Gasteiger charge is 2.23. The average Bonchev–Trinajstić information content (AvgIpc) is 2.56. The summed E-state index contributed by atoms with van der Waals surface area (Å²) in [6, 6.07) is 0. The highest BCUT2D eigenvalue weighted by Crippen LogP contribution is 2.21. The second-order valence-corrected chi connectivity index (χ2v) is 5.68. The summed E-state index contributed by atoms with van der Waals surface area (Å²) in [5, 5.41) is 3.37. The summed E-state index contributed by atoms with van der Waals surface area (Å²) in [6.45, 7) is 6.41. The van der Waals surface area contributed by atoms with E-state index in [1.165, 1.54) is 0 Å². The van der Waals surface area contributed by atoms with E-state index >= 15 is 0 Å². The molecule has 1 N–H and O–H groups in total. The van der Waals surface area contributed by atoms with Gasteiger partial charge in [-0.3, -0.25) is 4.79 Å². The molecule has 0 aromatic carbocycles. The Balaban J connectivity index is 1.75. The number of nitrogens with one attached hydrogen (secondary N) is 1. The zero-order valence-corrected chi connectivity index (χ0v) is 12.5. The molecule has 21 heavy (non-hydrogen) atoms. The third kappa shape index (κ3) is 3.22. The zero-order valence-electron chi connectivity index (χ0n) is 12.5. The van der Waals surface area contributed by atoms with Crippen LogP contribution in [0.4, 0.5) is 0 Å². The predicted octanol–water partition coefficient (Wildman–Crippen LogP) is 0.724. The lowest BCUT2D eigenvalue weighted by atomic mass is 9.98. The topological polar surface area (TPSA) is 67.4 Å². The van der Waals surface area contributed by atoms with Crippen molar-refractivity contribution in [2.75, 3.05) is 39.4 Å². The SMILES string of the molecule is Cc1nc(C2CCCNC2)ncc1C(=O)N1CCOCC1. The molecule has 0 saturated carbocycles. The fourth-order valence-corrected chi connectivity index (χ4v) is 2.90. The molecule has 0 bridgehead atoms. The van der Waals surface area contributed by atoms with Crippen molar-refractivity contribution in [3.63, 3.8) is 0 Å². The minimum atomic E-state index is 0.0177. The third-order valence-corrected chi connectivity index (χ3v) is 4.19. The number of hydrogen-bond donors (Lipinski definition) is 1. The number of rotatable bonds is 2. The number of ether oxygens (including phenoxy) is 1. The molecule has 1 aromatic rings. The molecule has 6 nitrogen and oxygen atoms in total. The van der Waals surface area contributed by atoms with Crippen molar-refractivity contribution in [3.05, 3.63) is 23.3 Å². The smallest absolute Gasteiger partial charge is 0.257 e. The molecule has 1 aromatic heterocycles. The molecule has 2 saturated heterocycles. The average molecular weight is 290 g/mol. The molecule has 2 fully saturated rings. The van der Waals surface area contributed by atoms with Gasteiger partial charge in [0.1, 0.15) is 5.82 Å². The largest absolute Gasteiger partial charge is 0.378 e. The second-order valence-electron chi connectivity index (χ2n) is 5.68. The molecule has 0 radical (unpaired) electrons. The summed E-state index contributed by atoms with van der Waals surface area (Å²) in [5.74, 6) is 1.24. The van der Waals surface area contributed by atoms with E-state index in [0.29, 0.717) is 37.8 Å². The van der Waals surface area contributed by atoms with Gasteiger partial charge in [0.25, 0.3) is 5.91 Å². The van der Waals surface area contributed by atoms with E-state index in [4.69, 9.17) is 4.74 Å². The first kappa shape index (κ1) is 14.4. The fraction of sp³-hybridized carbons (Fsp3) is 0.667. The summed E-state index contributed by atoms with van der Waals surface area (Å²) >= 11 is 0. The van der Waals surface area contributed by atoms with Gasteiger partial charge in [-0.1, -0.05) is 0 Å². The molecule has 114 valence electrons. The number of morpholine rings is 1. The number of carbonyl (C=O) groups is 1. The van der Waals surface area contributed by atoms with Gasteiger partial charge in [-0.25, -0.2) is 9.97 Å². The Bertz CT molecular complexity index is 508.